The third-order valence-electron chi connectivity index (χ3n) is 16.9. The molecule has 0 aliphatic rings. The summed E-state index contributed by atoms with van der Waals surface area (Å²) in [5.41, 5.74) is 18.9. The summed E-state index contributed by atoms with van der Waals surface area (Å²) in [6.07, 6.45) is 0. The molecule has 0 N–H and O–H groups in total. The maximum absolute atomic E-state index is 7.29. The fraction of sp³-hybridized carbons (Fsp3) is 0.0526. The Morgan fingerprint density at radius 1 is 0.263 bits per heavy atom. The summed E-state index contributed by atoms with van der Waals surface area (Å²) in [6.45, 7) is 8.87. The van der Waals surface area contributed by atoms with Gasteiger partial charge in [-0.3, -0.25) is 0 Å². The second kappa shape index (κ2) is 17.7. The Bertz CT molecular complexity index is 4850. The number of benzene rings is 14. The molecule has 0 bridgehead atoms. The quantitative estimate of drug-likeness (QED) is 0.142. The molecule has 14 aromatic carbocycles. The molecule has 0 saturated heterocycles. The van der Waals surface area contributed by atoms with Crippen molar-refractivity contribution in [1.82, 2.24) is 0 Å². The SMILES string of the molecule is Cc1ccc2ccc(C)c(N(c3ccc4ccc5c(N(c6c(C)ccc7ccc(C)cc67)c6cccc7c6oc6c(-c8ccccc8)cccc67)ccc6ccc3c4c65)c3cccc4c3oc3c(-c5ccccc5)cccc34)c2c1. The minimum atomic E-state index is 0.843. The van der Waals surface area contributed by atoms with Crippen LogP contribution in [0.5, 0.6) is 0 Å². The molecule has 4 heteroatoms. The highest BCUT2D eigenvalue weighted by atomic mass is 16.3. The molecule has 0 aliphatic heterocycles. The van der Waals surface area contributed by atoms with E-state index in [1.165, 1.54) is 65.3 Å². The lowest BCUT2D eigenvalue weighted by atomic mass is 9.91. The number of hydrogen-bond acceptors (Lipinski definition) is 4. The van der Waals surface area contributed by atoms with Crippen LogP contribution in [0.4, 0.5) is 34.1 Å². The van der Waals surface area contributed by atoms with Crippen LogP contribution >= 0.6 is 0 Å². The van der Waals surface area contributed by atoms with Crippen LogP contribution < -0.4 is 9.80 Å². The minimum Gasteiger partial charge on any atom is -0.453 e. The van der Waals surface area contributed by atoms with Gasteiger partial charge in [0.05, 0.1) is 34.1 Å². The fourth-order valence-electron chi connectivity index (χ4n) is 13.2. The Morgan fingerprint density at radius 2 is 0.637 bits per heavy atom. The van der Waals surface area contributed by atoms with Gasteiger partial charge in [0.15, 0.2) is 11.2 Å². The molecule has 16 aromatic rings. The number of para-hydroxylation sites is 4. The standard InChI is InChI=1S/C76H52N2O2/c1-45-27-31-51-33-29-47(3)71(63(51)43-45)77(67-25-13-23-59-57-21-11-19-55(73(57)79-75(59)67)49-15-7-5-8-16-49)65-41-37-53-36-40-62-66(42-38-54-35-39-61(65)69(53)70(54)62)78(72-48(4)30-34-52-32-28-46(2)44-64(52)72)68-26-14-24-60-58-22-12-20-56(74(58)80-76(60)68)50-17-9-6-10-18-50/h5-44H,1-4H3. The minimum absolute atomic E-state index is 0.843. The molecule has 80 heavy (non-hydrogen) atoms. The van der Waals surface area contributed by atoms with Crippen molar-refractivity contribution in [2.75, 3.05) is 9.80 Å². The third-order valence-corrected chi connectivity index (χ3v) is 16.9. The van der Waals surface area contributed by atoms with E-state index in [0.717, 1.165) is 111 Å². The normalized spacial score (nSPS) is 12.0. The third kappa shape index (κ3) is 6.88. The second-order valence-corrected chi connectivity index (χ2v) is 21.8. The van der Waals surface area contributed by atoms with Gasteiger partial charge >= 0.3 is 0 Å². The summed E-state index contributed by atoms with van der Waals surface area (Å²) in [6, 6.07) is 88.8. The highest BCUT2D eigenvalue weighted by molar-refractivity contribution is 6.29. The zero-order valence-electron chi connectivity index (χ0n) is 44.8. The summed E-state index contributed by atoms with van der Waals surface area (Å²) < 4.78 is 14.6. The molecular weight excluding hydrogens is 973 g/mol. The molecule has 0 amide bonds. The van der Waals surface area contributed by atoms with Crippen LogP contribution in [0, 0.1) is 27.7 Å². The van der Waals surface area contributed by atoms with E-state index in [9.17, 15) is 0 Å². The van der Waals surface area contributed by atoms with Crippen molar-refractivity contribution in [3.05, 3.63) is 265 Å². The van der Waals surface area contributed by atoms with Gasteiger partial charge in [0.1, 0.15) is 11.2 Å². The van der Waals surface area contributed by atoms with Crippen LogP contribution in [0.1, 0.15) is 22.3 Å². The molecule has 378 valence electrons. The van der Waals surface area contributed by atoms with Crippen LogP contribution in [-0.4, -0.2) is 0 Å². The summed E-state index contributed by atoms with van der Waals surface area (Å²) in [5, 5.41) is 16.1. The Kier molecular flexibility index (Phi) is 10.2. The number of nitrogens with zero attached hydrogens (tertiary/aromatic N) is 2. The molecule has 4 nitrogen and oxygen atoms in total. The van der Waals surface area contributed by atoms with E-state index in [4.69, 9.17) is 8.83 Å². The van der Waals surface area contributed by atoms with E-state index < -0.39 is 0 Å². The molecule has 0 aliphatic carbocycles. The van der Waals surface area contributed by atoms with Crippen LogP contribution in [0.25, 0.3) is 120 Å². The van der Waals surface area contributed by atoms with E-state index in [1.807, 2.05) is 0 Å². The topological polar surface area (TPSA) is 32.8 Å². The smallest absolute Gasteiger partial charge is 0.159 e. The van der Waals surface area contributed by atoms with Crippen LogP contribution in [0.15, 0.2) is 251 Å². The van der Waals surface area contributed by atoms with E-state index in [1.54, 1.807) is 0 Å². The predicted molar refractivity (Wildman–Crippen MR) is 339 cm³/mol. The maximum atomic E-state index is 7.29. The first-order valence-corrected chi connectivity index (χ1v) is 27.6. The van der Waals surface area contributed by atoms with Crippen LogP contribution in [-0.2, 0) is 0 Å². The van der Waals surface area contributed by atoms with Gasteiger partial charge in [0.25, 0.3) is 0 Å². The number of hydrogen-bond donors (Lipinski definition) is 0. The monoisotopic (exact) mass is 1020 g/mol. The van der Waals surface area contributed by atoms with Gasteiger partial charge in [-0.1, -0.05) is 217 Å². The van der Waals surface area contributed by atoms with Crippen molar-refractivity contribution in [3.63, 3.8) is 0 Å². The Morgan fingerprint density at radius 3 is 1.07 bits per heavy atom. The molecular formula is C76H52N2O2. The van der Waals surface area contributed by atoms with Gasteiger partial charge in [0, 0.05) is 54.2 Å². The lowest BCUT2D eigenvalue weighted by molar-refractivity contribution is 0.670. The van der Waals surface area contributed by atoms with Crippen molar-refractivity contribution >= 4 is 132 Å². The molecule has 0 fully saturated rings. The highest BCUT2D eigenvalue weighted by Crippen LogP contribution is 2.53. The van der Waals surface area contributed by atoms with Crippen molar-refractivity contribution in [3.8, 4) is 22.3 Å². The van der Waals surface area contributed by atoms with E-state index >= 15 is 0 Å². The van der Waals surface area contributed by atoms with Crippen molar-refractivity contribution < 1.29 is 8.83 Å². The maximum Gasteiger partial charge on any atom is 0.159 e. The number of furan rings is 2. The summed E-state index contributed by atoms with van der Waals surface area (Å²) in [5.74, 6) is 0. The highest BCUT2D eigenvalue weighted by Gasteiger charge is 2.29. The second-order valence-electron chi connectivity index (χ2n) is 21.8. The molecule has 2 aromatic heterocycles. The first-order valence-electron chi connectivity index (χ1n) is 27.6. The Labute approximate surface area is 462 Å². The van der Waals surface area contributed by atoms with Crippen molar-refractivity contribution in [2.24, 2.45) is 0 Å². The summed E-state index contributed by atoms with van der Waals surface area (Å²) in [4.78, 5) is 4.99. The lowest BCUT2D eigenvalue weighted by Gasteiger charge is -2.31. The number of rotatable bonds is 8. The Balaban J connectivity index is 0.987. The van der Waals surface area contributed by atoms with Crippen molar-refractivity contribution in [2.45, 2.75) is 27.7 Å². The lowest BCUT2D eigenvalue weighted by Crippen LogP contribution is -2.14. The average molecular weight is 1030 g/mol. The zero-order chi connectivity index (χ0) is 53.3. The molecule has 0 saturated carbocycles. The molecule has 2 heterocycles. The van der Waals surface area contributed by atoms with E-state index in [2.05, 4.69) is 280 Å². The van der Waals surface area contributed by atoms with Gasteiger partial charge in [-0.25, -0.2) is 0 Å². The number of fused-ring (bicyclic) bond motifs is 8. The van der Waals surface area contributed by atoms with Crippen molar-refractivity contribution in [1.29, 1.82) is 0 Å². The van der Waals surface area contributed by atoms with Gasteiger partial charge in [0.2, 0.25) is 0 Å². The molecule has 0 atom stereocenters. The summed E-state index contributed by atoms with van der Waals surface area (Å²) >= 11 is 0. The Hall–Kier alpha value is -10.2. The molecule has 0 unspecified atom stereocenters. The molecule has 0 radical (unpaired) electrons. The van der Waals surface area contributed by atoms with Gasteiger partial charge in [-0.2, -0.15) is 0 Å². The van der Waals surface area contributed by atoms with Gasteiger partial charge in [-0.05, 0) is 119 Å². The van der Waals surface area contributed by atoms with Crippen LogP contribution in [0.3, 0.4) is 0 Å². The first kappa shape index (κ1) is 46.0. The predicted octanol–water partition coefficient (Wildman–Crippen LogP) is 22.2. The van der Waals surface area contributed by atoms with Crippen LogP contribution in [0.2, 0.25) is 0 Å². The number of anilines is 6. The molecule has 0 spiro atoms. The fourth-order valence-corrected chi connectivity index (χ4v) is 13.2. The molecule has 16 rings (SSSR count). The zero-order valence-corrected chi connectivity index (χ0v) is 44.8. The number of aryl methyl sites for hydroxylation is 4. The largest absolute Gasteiger partial charge is 0.453 e. The summed E-state index contributed by atoms with van der Waals surface area (Å²) in [7, 11) is 0. The van der Waals surface area contributed by atoms with Gasteiger partial charge < -0.3 is 18.6 Å². The van der Waals surface area contributed by atoms with E-state index in [0.29, 0.717) is 0 Å². The average Bonchev–Trinajstić information content (AvgIpc) is 4.10. The van der Waals surface area contributed by atoms with Gasteiger partial charge in [-0.15, -0.1) is 0 Å². The van der Waals surface area contributed by atoms with E-state index in [-0.39, 0.29) is 0 Å². The first-order chi connectivity index (χ1) is 39.3.